The van der Waals surface area contributed by atoms with Gasteiger partial charge in [0.05, 0.1) is 12.7 Å². The lowest BCUT2D eigenvalue weighted by molar-refractivity contribution is 0.00808. The molecule has 0 radical (unpaired) electrons. The van der Waals surface area contributed by atoms with Gasteiger partial charge in [0.2, 0.25) is 0 Å². The first kappa shape index (κ1) is 13.4. The van der Waals surface area contributed by atoms with Crippen LogP contribution in [0.3, 0.4) is 0 Å². The highest BCUT2D eigenvalue weighted by Crippen LogP contribution is 2.29. The van der Waals surface area contributed by atoms with Crippen LogP contribution in [0.15, 0.2) is 24.3 Å². The summed E-state index contributed by atoms with van der Waals surface area (Å²) in [5.74, 6) is 0.578. The van der Waals surface area contributed by atoms with Gasteiger partial charge in [-0.2, -0.15) is 0 Å². The number of fused-ring (bicyclic) bond motifs is 1. The van der Waals surface area contributed by atoms with Crippen molar-refractivity contribution in [3.05, 3.63) is 35.4 Å². The summed E-state index contributed by atoms with van der Waals surface area (Å²) in [5.41, 5.74) is 2.84. The van der Waals surface area contributed by atoms with E-state index in [-0.39, 0.29) is 6.10 Å². The molecular formula is C16H22ClNO. The van der Waals surface area contributed by atoms with Gasteiger partial charge in [-0.3, -0.25) is 0 Å². The monoisotopic (exact) mass is 279 g/mol. The zero-order chi connectivity index (χ0) is 13.2. The summed E-state index contributed by atoms with van der Waals surface area (Å²) in [6.07, 6.45) is 2.38. The van der Waals surface area contributed by atoms with E-state index in [0.717, 1.165) is 39.1 Å². The Bertz CT molecular complexity index is 437. The number of rotatable bonds is 2. The second-order valence-corrected chi connectivity index (χ2v) is 6.41. The largest absolute Gasteiger partial charge is 0.372 e. The van der Waals surface area contributed by atoms with Crippen LogP contribution in [0.25, 0.3) is 0 Å². The predicted octanol–water partition coefficient (Wildman–Crippen LogP) is 3.25. The van der Waals surface area contributed by atoms with Crippen molar-refractivity contribution < 1.29 is 4.74 Å². The molecule has 2 aliphatic rings. The minimum absolute atomic E-state index is 0.240. The molecule has 0 saturated carbocycles. The van der Waals surface area contributed by atoms with Gasteiger partial charge in [-0.05, 0) is 36.4 Å². The zero-order valence-electron chi connectivity index (χ0n) is 11.5. The molecule has 3 unspecified atom stereocenters. The maximum atomic E-state index is 6.30. The normalized spacial score (nSPS) is 32.0. The molecule has 3 rings (SSSR count). The number of likely N-dealkylation sites (tertiary alicyclic amines) is 1. The molecule has 3 atom stereocenters. The molecule has 0 amide bonds. The van der Waals surface area contributed by atoms with E-state index in [9.17, 15) is 0 Å². The highest BCUT2D eigenvalue weighted by atomic mass is 35.5. The van der Waals surface area contributed by atoms with Crippen molar-refractivity contribution in [1.82, 2.24) is 4.90 Å². The molecule has 3 heteroatoms. The van der Waals surface area contributed by atoms with Crippen LogP contribution in [0, 0.1) is 5.92 Å². The summed E-state index contributed by atoms with van der Waals surface area (Å²) in [6, 6.07) is 8.70. The van der Waals surface area contributed by atoms with Gasteiger partial charge in [0.1, 0.15) is 0 Å². The first-order valence-electron chi connectivity index (χ1n) is 7.30. The van der Waals surface area contributed by atoms with Gasteiger partial charge in [-0.1, -0.05) is 31.2 Å². The Morgan fingerprint density at radius 2 is 2.21 bits per heavy atom. The fourth-order valence-corrected chi connectivity index (χ4v) is 3.41. The summed E-state index contributed by atoms with van der Waals surface area (Å²) in [7, 11) is 0. The third-order valence-electron chi connectivity index (χ3n) is 4.40. The molecule has 2 heterocycles. The number of alkyl halides is 1. The van der Waals surface area contributed by atoms with Gasteiger partial charge in [0, 0.05) is 18.5 Å². The van der Waals surface area contributed by atoms with E-state index in [0.29, 0.717) is 11.3 Å². The Morgan fingerprint density at radius 3 is 3.05 bits per heavy atom. The van der Waals surface area contributed by atoms with Gasteiger partial charge in [0.15, 0.2) is 0 Å². The van der Waals surface area contributed by atoms with Crippen LogP contribution in [0.1, 0.15) is 30.6 Å². The second kappa shape index (κ2) is 5.82. The third kappa shape index (κ3) is 2.96. The smallest absolute Gasteiger partial charge is 0.0954 e. The lowest BCUT2D eigenvalue weighted by Gasteiger charge is -2.37. The fraction of sp³-hybridized carbons (Fsp3) is 0.625. The fourth-order valence-electron chi connectivity index (χ4n) is 3.23. The van der Waals surface area contributed by atoms with Gasteiger partial charge in [-0.15, -0.1) is 11.6 Å². The maximum absolute atomic E-state index is 6.30. The molecule has 1 saturated heterocycles. The van der Waals surface area contributed by atoms with E-state index in [4.69, 9.17) is 16.3 Å². The highest BCUT2D eigenvalue weighted by molar-refractivity contribution is 6.20. The first-order chi connectivity index (χ1) is 9.24. The van der Waals surface area contributed by atoms with Crippen LogP contribution in [0.5, 0.6) is 0 Å². The minimum atomic E-state index is 0.240. The van der Waals surface area contributed by atoms with Crippen LogP contribution in [0.4, 0.5) is 0 Å². The molecule has 19 heavy (non-hydrogen) atoms. The highest BCUT2D eigenvalue weighted by Gasteiger charge is 2.28. The molecule has 0 N–H and O–H groups in total. The van der Waals surface area contributed by atoms with Crippen LogP contribution in [-0.4, -0.2) is 36.5 Å². The van der Waals surface area contributed by atoms with Crippen molar-refractivity contribution in [2.75, 3.05) is 26.2 Å². The average Bonchev–Trinajstić information content (AvgIpc) is 2.43. The van der Waals surface area contributed by atoms with Crippen molar-refractivity contribution in [2.45, 2.75) is 31.2 Å². The molecule has 0 aromatic heterocycles. The number of nitrogens with zero attached hydrogens (tertiary/aromatic N) is 1. The summed E-state index contributed by atoms with van der Waals surface area (Å²) in [6.45, 7) is 6.30. The molecule has 104 valence electrons. The van der Waals surface area contributed by atoms with Crippen molar-refractivity contribution >= 4 is 11.6 Å². The Balaban J connectivity index is 1.68. The molecule has 0 bridgehead atoms. The molecular weight excluding hydrogens is 258 g/mol. The number of piperidine rings is 1. The average molecular weight is 280 g/mol. The van der Waals surface area contributed by atoms with Crippen molar-refractivity contribution in [2.24, 2.45) is 5.92 Å². The zero-order valence-corrected chi connectivity index (χ0v) is 12.3. The van der Waals surface area contributed by atoms with Gasteiger partial charge in [-0.25, -0.2) is 0 Å². The van der Waals surface area contributed by atoms with E-state index in [1.807, 2.05) is 0 Å². The first-order valence-corrected chi connectivity index (χ1v) is 7.73. The number of hydrogen-bond acceptors (Lipinski definition) is 2. The van der Waals surface area contributed by atoms with Crippen LogP contribution < -0.4 is 0 Å². The van der Waals surface area contributed by atoms with Crippen molar-refractivity contribution in [1.29, 1.82) is 0 Å². The lowest BCUT2D eigenvalue weighted by Crippen LogP contribution is -2.42. The predicted molar refractivity (Wildman–Crippen MR) is 78.7 cm³/mol. The van der Waals surface area contributed by atoms with Gasteiger partial charge < -0.3 is 9.64 Å². The van der Waals surface area contributed by atoms with E-state index in [1.54, 1.807) is 0 Å². The lowest BCUT2D eigenvalue weighted by atomic mass is 9.95. The number of benzene rings is 1. The number of halogens is 1. The Kier molecular flexibility index (Phi) is 4.11. The van der Waals surface area contributed by atoms with Crippen LogP contribution in [-0.2, 0) is 11.2 Å². The van der Waals surface area contributed by atoms with Crippen LogP contribution >= 0.6 is 11.6 Å². The molecule has 1 fully saturated rings. The third-order valence-corrected chi connectivity index (χ3v) is 5.05. The Morgan fingerprint density at radius 1 is 1.37 bits per heavy atom. The SMILES string of the molecule is CC1CN(CC2OCCc3ccccc32)CCC1Cl. The Hall–Kier alpha value is -0.570. The van der Waals surface area contributed by atoms with E-state index >= 15 is 0 Å². The molecule has 2 nitrogen and oxygen atoms in total. The summed E-state index contributed by atoms with van der Waals surface area (Å²) in [5, 5.41) is 0.343. The Labute approximate surface area is 120 Å². The summed E-state index contributed by atoms with van der Waals surface area (Å²) >= 11 is 6.30. The van der Waals surface area contributed by atoms with Crippen molar-refractivity contribution in [3.63, 3.8) is 0 Å². The van der Waals surface area contributed by atoms with Crippen molar-refractivity contribution in [3.8, 4) is 0 Å². The second-order valence-electron chi connectivity index (χ2n) is 5.85. The molecule has 2 aliphatic heterocycles. The topological polar surface area (TPSA) is 12.5 Å². The number of ether oxygens (including phenoxy) is 1. The maximum Gasteiger partial charge on any atom is 0.0954 e. The molecule has 1 aromatic rings. The van der Waals surface area contributed by atoms with Gasteiger partial charge >= 0.3 is 0 Å². The van der Waals surface area contributed by atoms with Gasteiger partial charge in [0.25, 0.3) is 0 Å². The van der Waals surface area contributed by atoms with E-state index < -0.39 is 0 Å². The molecule has 1 aromatic carbocycles. The molecule has 0 aliphatic carbocycles. The number of hydrogen-bond donors (Lipinski definition) is 0. The molecule has 0 spiro atoms. The quantitative estimate of drug-likeness (QED) is 0.771. The van der Waals surface area contributed by atoms with Crippen LogP contribution in [0.2, 0.25) is 0 Å². The summed E-state index contributed by atoms with van der Waals surface area (Å²) < 4.78 is 5.99. The standard InChI is InChI=1S/C16H22ClNO/c1-12-10-18(8-6-15(12)17)11-16-14-5-3-2-4-13(14)7-9-19-16/h2-5,12,15-16H,6-11H2,1H3. The minimum Gasteiger partial charge on any atom is -0.372 e. The van der Waals surface area contributed by atoms with E-state index in [2.05, 4.69) is 36.1 Å². The summed E-state index contributed by atoms with van der Waals surface area (Å²) in [4.78, 5) is 2.51. The van der Waals surface area contributed by atoms with E-state index in [1.165, 1.54) is 11.1 Å².